The zero-order valence-corrected chi connectivity index (χ0v) is 14.0. The molecule has 0 aliphatic rings. The molecule has 0 radical (unpaired) electrons. The van der Waals surface area contributed by atoms with Crippen molar-refractivity contribution < 1.29 is 25.2 Å². The van der Waals surface area contributed by atoms with Gasteiger partial charge in [-0.25, -0.2) is 4.79 Å². The molecule has 1 rings (SSSR count). The van der Waals surface area contributed by atoms with E-state index in [1.54, 1.807) is 12.1 Å². The van der Waals surface area contributed by atoms with Crippen LogP contribution in [0.3, 0.4) is 0 Å². The fraction of sp³-hybridized carbons (Fsp3) is 0.588. The second-order valence-corrected chi connectivity index (χ2v) is 7.69. The standard InChI is InChI=1S/C17H26O5/c1-16(2,3)10-7-9(12(18)14(20)15(21)22)8-11(13(10)19)17(4,5)6/h7-8,12,14,18-20H,1-6H3,(H,21,22). The fourth-order valence-corrected chi connectivity index (χ4v) is 2.29. The number of phenols is 1. The van der Waals surface area contributed by atoms with Gasteiger partial charge in [-0.3, -0.25) is 0 Å². The summed E-state index contributed by atoms with van der Waals surface area (Å²) in [6.45, 7) is 11.5. The molecule has 1 aromatic carbocycles. The maximum Gasteiger partial charge on any atom is 0.335 e. The molecular formula is C17H26O5. The van der Waals surface area contributed by atoms with E-state index in [9.17, 15) is 20.1 Å². The van der Waals surface area contributed by atoms with E-state index in [1.165, 1.54) is 0 Å². The SMILES string of the molecule is CC(C)(C)c1cc(C(O)C(O)C(=O)O)cc(C(C)(C)C)c1O. The van der Waals surface area contributed by atoms with Crippen molar-refractivity contribution in [3.63, 3.8) is 0 Å². The number of aliphatic carboxylic acids is 1. The van der Waals surface area contributed by atoms with Gasteiger partial charge in [0.15, 0.2) is 6.10 Å². The number of phenolic OH excluding ortho intramolecular Hbond substituents is 1. The third kappa shape index (κ3) is 3.78. The Hall–Kier alpha value is -1.59. The van der Waals surface area contributed by atoms with Crippen molar-refractivity contribution in [2.24, 2.45) is 0 Å². The number of hydrogen-bond donors (Lipinski definition) is 4. The van der Waals surface area contributed by atoms with Gasteiger partial charge in [0.05, 0.1) is 0 Å². The van der Waals surface area contributed by atoms with Crippen LogP contribution in [0.2, 0.25) is 0 Å². The second kappa shape index (κ2) is 5.89. The van der Waals surface area contributed by atoms with Gasteiger partial charge in [0.25, 0.3) is 0 Å². The lowest BCUT2D eigenvalue weighted by molar-refractivity contribution is -0.153. The number of aliphatic hydroxyl groups excluding tert-OH is 2. The van der Waals surface area contributed by atoms with E-state index >= 15 is 0 Å². The third-order valence-corrected chi connectivity index (χ3v) is 3.64. The molecule has 0 aliphatic heterocycles. The highest BCUT2D eigenvalue weighted by Gasteiger charge is 2.31. The zero-order chi connectivity index (χ0) is 17.5. The maximum absolute atomic E-state index is 10.9. The van der Waals surface area contributed by atoms with Crippen LogP contribution in [0, 0.1) is 0 Å². The Bertz CT molecular complexity index is 528. The highest BCUT2D eigenvalue weighted by Crippen LogP contribution is 2.41. The molecule has 0 spiro atoms. The molecule has 0 bridgehead atoms. The Morgan fingerprint density at radius 3 is 1.59 bits per heavy atom. The minimum Gasteiger partial charge on any atom is -0.507 e. The summed E-state index contributed by atoms with van der Waals surface area (Å²) in [6, 6.07) is 3.11. The van der Waals surface area contributed by atoms with Crippen molar-refractivity contribution in [2.45, 2.75) is 64.6 Å². The van der Waals surface area contributed by atoms with Gasteiger partial charge in [-0.15, -0.1) is 0 Å². The van der Waals surface area contributed by atoms with Crippen molar-refractivity contribution >= 4 is 5.97 Å². The van der Waals surface area contributed by atoms with E-state index < -0.39 is 29.0 Å². The van der Waals surface area contributed by atoms with Crippen molar-refractivity contribution in [1.82, 2.24) is 0 Å². The average molecular weight is 310 g/mol. The van der Waals surface area contributed by atoms with Gasteiger partial charge in [0.1, 0.15) is 11.9 Å². The van der Waals surface area contributed by atoms with Crippen LogP contribution in [0.1, 0.15) is 64.3 Å². The highest BCUT2D eigenvalue weighted by atomic mass is 16.4. The summed E-state index contributed by atoms with van der Waals surface area (Å²) in [5.41, 5.74) is 0.697. The number of carboxylic acid groups (broad SMARTS) is 1. The van der Waals surface area contributed by atoms with Crippen molar-refractivity contribution in [3.8, 4) is 5.75 Å². The summed E-state index contributed by atoms with van der Waals surface area (Å²) in [6.07, 6.45) is -3.47. The largest absolute Gasteiger partial charge is 0.507 e. The predicted molar refractivity (Wildman–Crippen MR) is 84.1 cm³/mol. The molecular weight excluding hydrogens is 284 g/mol. The number of benzene rings is 1. The summed E-state index contributed by atoms with van der Waals surface area (Å²) < 4.78 is 0. The van der Waals surface area contributed by atoms with Gasteiger partial charge in [0.2, 0.25) is 0 Å². The van der Waals surface area contributed by atoms with E-state index in [0.29, 0.717) is 11.1 Å². The Labute approximate surface area is 131 Å². The maximum atomic E-state index is 10.9. The van der Waals surface area contributed by atoms with Gasteiger partial charge < -0.3 is 20.4 Å². The van der Waals surface area contributed by atoms with E-state index in [0.717, 1.165) is 0 Å². The van der Waals surface area contributed by atoms with Crippen LogP contribution in [0.25, 0.3) is 0 Å². The first-order valence-corrected chi connectivity index (χ1v) is 7.23. The van der Waals surface area contributed by atoms with Gasteiger partial charge in [-0.05, 0) is 39.7 Å². The third-order valence-electron chi connectivity index (χ3n) is 3.64. The zero-order valence-electron chi connectivity index (χ0n) is 14.0. The Balaban J connectivity index is 3.58. The normalized spacial score (nSPS) is 15.5. The van der Waals surface area contributed by atoms with Crippen molar-refractivity contribution in [2.75, 3.05) is 0 Å². The monoisotopic (exact) mass is 310 g/mol. The first kappa shape index (κ1) is 18.5. The number of carboxylic acids is 1. The first-order chi connectivity index (χ1) is 9.76. The molecule has 0 aliphatic carbocycles. The van der Waals surface area contributed by atoms with Crippen LogP contribution in [0.5, 0.6) is 5.75 Å². The molecule has 0 saturated heterocycles. The minimum atomic E-state index is -1.91. The summed E-state index contributed by atoms with van der Waals surface area (Å²) in [5, 5.41) is 39.1. The second-order valence-electron chi connectivity index (χ2n) is 7.69. The van der Waals surface area contributed by atoms with E-state index in [4.69, 9.17) is 5.11 Å². The molecule has 2 atom stereocenters. The summed E-state index contributed by atoms with van der Waals surface area (Å²) in [7, 11) is 0. The summed E-state index contributed by atoms with van der Waals surface area (Å²) in [4.78, 5) is 10.9. The van der Waals surface area contributed by atoms with E-state index in [-0.39, 0.29) is 11.3 Å². The topological polar surface area (TPSA) is 98.0 Å². The van der Waals surface area contributed by atoms with Crippen LogP contribution < -0.4 is 0 Å². The lowest BCUT2D eigenvalue weighted by Gasteiger charge is -2.29. The van der Waals surface area contributed by atoms with Crippen LogP contribution >= 0.6 is 0 Å². The molecule has 1 aromatic rings. The Kier molecular flexibility index (Phi) is 4.94. The Morgan fingerprint density at radius 2 is 1.32 bits per heavy atom. The predicted octanol–water partition coefficient (Wildman–Crippen LogP) is 2.47. The van der Waals surface area contributed by atoms with Gasteiger partial charge in [0, 0.05) is 0 Å². The number of aliphatic hydroxyl groups is 2. The number of carbonyl (C=O) groups is 1. The molecule has 124 valence electrons. The molecule has 2 unspecified atom stereocenters. The lowest BCUT2D eigenvalue weighted by Crippen LogP contribution is -2.28. The number of aromatic hydroxyl groups is 1. The molecule has 0 heterocycles. The molecule has 5 heteroatoms. The van der Waals surface area contributed by atoms with Crippen LogP contribution in [0.15, 0.2) is 12.1 Å². The van der Waals surface area contributed by atoms with Gasteiger partial charge in [-0.2, -0.15) is 0 Å². The van der Waals surface area contributed by atoms with Gasteiger partial charge >= 0.3 is 5.97 Å². The van der Waals surface area contributed by atoms with E-state index in [1.807, 2.05) is 41.5 Å². The molecule has 0 saturated carbocycles. The molecule has 5 nitrogen and oxygen atoms in total. The highest BCUT2D eigenvalue weighted by molar-refractivity contribution is 5.73. The van der Waals surface area contributed by atoms with Crippen LogP contribution in [0.4, 0.5) is 0 Å². The summed E-state index contributed by atoms with van der Waals surface area (Å²) in [5.74, 6) is -1.35. The van der Waals surface area contributed by atoms with Gasteiger partial charge in [-0.1, -0.05) is 41.5 Å². The number of hydrogen-bond acceptors (Lipinski definition) is 4. The average Bonchev–Trinajstić information content (AvgIpc) is 2.34. The van der Waals surface area contributed by atoms with Crippen LogP contribution in [-0.4, -0.2) is 32.5 Å². The molecule has 0 aromatic heterocycles. The quantitative estimate of drug-likeness (QED) is 0.687. The van der Waals surface area contributed by atoms with Crippen LogP contribution in [-0.2, 0) is 15.6 Å². The molecule has 4 N–H and O–H groups in total. The lowest BCUT2D eigenvalue weighted by atomic mass is 9.77. The molecule has 22 heavy (non-hydrogen) atoms. The Morgan fingerprint density at radius 1 is 0.955 bits per heavy atom. The van der Waals surface area contributed by atoms with Crippen molar-refractivity contribution in [1.29, 1.82) is 0 Å². The summed E-state index contributed by atoms with van der Waals surface area (Å²) >= 11 is 0. The molecule has 0 amide bonds. The first-order valence-electron chi connectivity index (χ1n) is 7.23. The fourth-order valence-electron chi connectivity index (χ4n) is 2.29. The minimum absolute atomic E-state index is 0.140. The van der Waals surface area contributed by atoms with Crippen molar-refractivity contribution in [3.05, 3.63) is 28.8 Å². The van der Waals surface area contributed by atoms with E-state index in [2.05, 4.69) is 0 Å². The number of rotatable bonds is 3. The smallest absolute Gasteiger partial charge is 0.335 e. The molecule has 0 fully saturated rings.